The average molecular weight is 681 g/mol. The van der Waals surface area contributed by atoms with E-state index in [-0.39, 0.29) is 52.3 Å². The van der Waals surface area contributed by atoms with Gasteiger partial charge in [-0.2, -0.15) is 0 Å². The second-order valence-corrected chi connectivity index (χ2v) is 18.6. The molecule has 6 aliphatic rings. The standard InChI is InChI=1S/3C11H18O2.C6H14O3/c3*1-7-4-5-8-10(2,3)11(8,6-7)9(12)13;1-2-6(3-7,4-8)5-9/h3*7-8H,4-6H2,1-3H3,(H,12,13);7-9H,2-5H2,1H3. The van der Waals surface area contributed by atoms with Gasteiger partial charge in [-0.05, 0) is 96.7 Å². The van der Waals surface area contributed by atoms with Gasteiger partial charge >= 0.3 is 17.9 Å². The van der Waals surface area contributed by atoms with E-state index in [9.17, 15) is 29.7 Å². The van der Waals surface area contributed by atoms with Gasteiger partial charge in [-0.1, -0.05) is 88.5 Å². The number of carboxylic acid groups (broad SMARTS) is 3. The number of aliphatic hydroxyl groups is 3. The van der Waals surface area contributed by atoms with E-state index in [1.807, 2.05) is 6.92 Å². The van der Waals surface area contributed by atoms with Crippen molar-refractivity contribution in [1.29, 1.82) is 0 Å². The smallest absolute Gasteiger partial charge is 0.310 e. The number of fused-ring (bicyclic) bond motifs is 3. The Bertz CT molecular complexity index is 1040. The molecule has 0 aromatic carbocycles. The number of aliphatic carboxylic acids is 3. The Labute approximate surface area is 289 Å². The van der Waals surface area contributed by atoms with Crippen molar-refractivity contribution < 1.29 is 45.0 Å². The monoisotopic (exact) mass is 680 g/mol. The van der Waals surface area contributed by atoms with Crippen LogP contribution >= 0.6 is 0 Å². The third-order valence-electron chi connectivity index (χ3n) is 15.4. The van der Waals surface area contributed by atoms with Gasteiger partial charge < -0.3 is 30.6 Å². The molecule has 9 atom stereocenters. The van der Waals surface area contributed by atoms with Crippen LogP contribution < -0.4 is 0 Å². The lowest BCUT2D eigenvalue weighted by Crippen LogP contribution is -2.32. The average Bonchev–Trinajstić information content (AvgIpc) is 3.87. The van der Waals surface area contributed by atoms with Crippen LogP contribution in [0.1, 0.15) is 133 Å². The minimum absolute atomic E-state index is 0.0452. The molecule has 0 aromatic heterocycles. The van der Waals surface area contributed by atoms with E-state index in [0.29, 0.717) is 41.9 Å². The molecular formula is C39H68O9. The van der Waals surface area contributed by atoms with Crippen molar-refractivity contribution in [3.8, 4) is 0 Å². The van der Waals surface area contributed by atoms with Gasteiger partial charge in [-0.15, -0.1) is 0 Å². The Morgan fingerprint density at radius 1 is 0.521 bits per heavy atom. The van der Waals surface area contributed by atoms with Crippen molar-refractivity contribution >= 4 is 17.9 Å². The van der Waals surface area contributed by atoms with E-state index in [2.05, 4.69) is 62.3 Å². The zero-order valence-electron chi connectivity index (χ0n) is 31.6. The van der Waals surface area contributed by atoms with Gasteiger partial charge in [-0.25, -0.2) is 0 Å². The second-order valence-electron chi connectivity index (χ2n) is 18.6. The van der Waals surface area contributed by atoms with Crippen LogP contribution in [0.3, 0.4) is 0 Å². The Kier molecular flexibility index (Phi) is 11.7. The van der Waals surface area contributed by atoms with Gasteiger partial charge in [0.15, 0.2) is 0 Å². The molecule has 0 radical (unpaired) electrons. The molecule has 278 valence electrons. The van der Waals surface area contributed by atoms with Gasteiger partial charge in [0.1, 0.15) is 0 Å². The molecule has 0 bridgehead atoms. The van der Waals surface area contributed by atoms with Gasteiger partial charge in [0.05, 0.1) is 36.1 Å². The molecule has 0 heterocycles. The van der Waals surface area contributed by atoms with Crippen LogP contribution in [0.4, 0.5) is 0 Å². The molecular weight excluding hydrogens is 612 g/mol. The third-order valence-corrected chi connectivity index (χ3v) is 15.4. The van der Waals surface area contributed by atoms with E-state index in [1.165, 1.54) is 19.3 Å². The third kappa shape index (κ3) is 6.24. The molecule has 0 saturated heterocycles. The maximum absolute atomic E-state index is 11.3. The molecule has 0 spiro atoms. The number of hydrogen-bond donors (Lipinski definition) is 6. The zero-order valence-corrected chi connectivity index (χ0v) is 31.6. The van der Waals surface area contributed by atoms with Gasteiger partial charge in [0, 0.05) is 5.41 Å². The fourth-order valence-corrected chi connectivity index (χ4v) is 11.3. The van der Waals surface area contributed by atoms with E-state index in [1.54, 1.807) is 0 Å². The molecule has 9 unspecified atom stereocenters. The summed E-state index contributed by atoms with van der Waals surface area (Å²) in [5, 5.41) is 53.8. The summed E-state index contributed by atoms with van der Waals surface area (Å²) in [6.07, 6.45) is 10.2. The van der Waals surface area contributed by atoms with Gasteiger partial charge in [0.25, 0.3) is 0 Å². The Morgan fingerprint density at radius 2 is 0.750 bits per heavy atom. The van der Waals surface area contributed by atoms with Crippen LogP contribution in [-0.4, -0.2) is 68.4 Å². The Balaban J connectivity index is 0.000000176. The molecule has 0 amide bonds. The Hall–Kier alpha value is -1.71. The molecule has 6 rings (SSSR count). The minimum Gasteiger partial charge on any atom is -0.481 e. The van der Waals surface area contributed by atoms with Crippen LogP contribution in [0.25, 0.3) is 0 Å². The fourth-order valence-electron chi connectivity index (χ4n) is 11.3. The first-order valence-corrected chi connectivity index (χ1v) is 18.6. The first kappa shape index (κ1) is 40.7. The highest BCUT2D eigenvalue weighted by atomic mass is 16.4. The highest BCUT2D eigenvalue weighted by Crippen LogP contribution is 2.77. The fraction of sp³-hybridized carbons (Fsp3) is 0.923. The van der Waals surface area contributed by atoms with Crippen LogP contribution in [-0.2, 0) is 14.4 Å². The summed E-state index contributed by atoms with van der Waals surface area (Å²) in [5.41, 5.74) is -1.64. The predicted molar refractivity (Wildman–Crippen MR) is 185 cm³/mol. The molecule has 9 heteroatoms. The second kappa shape index (κ2) is 13.8. The first-order valence-electron chi connectivity index (χ1n) is 18.6. The van der Waals surface area contributed by atoms with Gasteiger partial charge in [0.2, 0.25) is 0 Å². The summed E-state index contributed by atoms with van der Waals surface area (Å²) in [6.45, 7) is 20.6. The predicted octanol–water partition coefficient (Wildman–Crippen LogP) is 6.96. The number of carbonyl (C=O) groups is 3. The summed E-state index contributed by atoms with van der Waals surface area (Å²) in [4.78, 5) is 33.8. The number of aliphatic hydroxyl groups excluding tert-OH is 3. The maximum atomic E-state index is 11.3. The van der Waals surface area contributed by atoms with Crippen LogP contribution in [0.15, 0.2) is 0 Å². The van der Waals surface area contributed by atoms with Crippen molar-refractivity contribution in [2.45, 2.75) is 133 Å². The molecule has 6 N–H and O–H groups in total. The Morgan fingerprint density at radius 3 is 0.875 bits per heavy atom. The van der Waals surface area contributed by atoms with Crippen molar-refractivity contribution in [2.75, 3.05) is 19.8 Å². The van der Waals surface area contributed by atoms with Crippen molar-refractivity contribution in [1.82, 2.24) is 0 Å². The van der Waals surface area contributed by atoms with Crippen molar-refractivity contribution in [2.24, 2.45) is 73.4 Å². The van der Waals surface area contributed by atoms with E-state index >= 15 is 0 Å². The van der Waals surface area contributed by atoms with Crippen molar-refractivity contribution in [3.63, 3.8) is 0 Å². The highest BCUT2D eigenvalue weighted by molar-refractivity contribution is 5.82. The van der Waals surface area contributed by atoms with Gasteiger partial charge in [-0.3, -0.25) is 14.4 Å². The van der Waals surface area contributed by atoms with Crippen LogP contribution in [0.2, 0.25) is 0 Å². The highest BCUT2D eigenvalue weighted by Gasteiger charge is 2.77. The maximum Gasteiger partial charge on any atom is 0.310 e. The van der Waals surface area contributed by atoms with E-state index in [0.717, 1.165) is 38.5 Å². The molecule has 6 fully saturated rings. The molecule has 0 aromatic rings. The summed E-state index contributed by atoms with van der Waals surface area (Å²) in [6, 6.07) is 0. The van der Waals surface area contributed by atoms with Crippen LogP contribution in [0, 0.1) is 73.4 Å². The van der Waals surface area contributed by atoms with E-state index in [4.69, 9.17) is 15.3 Å². The normalized spacial score (nSPS) is 40.2. The largest absolute Gasteiger partial charge is 0.481 e. The lowest BCUT2D eigenvalue weighted by Gasteiger charge is -2.24. The minimum atomic E-state index is -0.667. The summed E-state index contributed by atoms with van der Waals surface area (Å²) >= 11 is 0. The van der Waals surface area contributed by atoms with Crippen molar-refractivity contribution in [3.05, 3.63) is 0 Å². The number of carboxylic acids is 3. The lowest BCUT2D eigenvalue weighted by molar-refractivity contribution is -0.147. The summed E-state index contributed by atoms with van der Waals surface area (Å²) in [5.74, 6) is 1.41. The molecule has 9 nitrogen and oxygen atoms in total. The zero-order chi connectivity index (χ0) is 36.9. The molecule has 6 saturated carbocycles. The molecule has 6 aliphatic carbocycles. The van der Waals surface area contributed by atoms with Crippen LogP contribution in [0.5, 0.6) is 0 Å². The molecule has 0 aliphatic heterocycles. The summed E-state index contributed by atoms with van der Waals surface area (Å²) in [7, 11) is 0. The quantitative estimate of drug-likeness (QED) is 0.166. The first-order chi connectivity index (χ1) is 22.0. The number of rotatable bonds is 7. The summed E-state index contributed by atoms with van der Waals surface area (Å²) < 4.78 is 0. The molecule has 48 heavy (non-hydrogen) atoms. The van der Waals surface area contributed by atoms with E-state index < -0.39 is 23.3 Å². The SMILES string of the molecule is CC1CCC2C(C)(C)C2(C(=O)O)C1.CC1CCC2C(C)(C)C2(C(=O)O)C1.CC1CCC2C(C)(C)C2(C(=O)O)C1.CCC(CO)(CO)CO. The lowest BCUT2D eigenvalue weighted by atomic mass is 9.80. The number of hydrogen-bond acceptors (Lipinski definition) is 6. The topological polar surface area (TPSA) is 173 Å².